The standard InChI is InChI=1S/C12H18BNO4/c1-8(14)6-10-3-2-9(4-5-13(17)18)7-11(10)12(15)16/h2-3,7-8,17-18H,4-6,14H2,1H3,(H,15,16)/t8-/m1/s1. The Hall–Kier alpha value is -1.37. The molecule has 0 spiro atoms. The van der Waals surface area contributed by atoms with Crippen LogP contribution in [0.1, 0.15) is 28.4 Å². The third-order valence-electron chi connectivity index (χ3n) is 2.64. The van der Waals surface area contributed by atoms with Gasteiger partial charge in [-0.3, -0.25) is 0 Å². The fourth-order valence-electron chi connectivity index (χ4n) is 1.80. The van der Waals surface area contributed by atoms with Gasteiger partial charge < -0.3 is 20.9 Å². The summed E-state index contributed by atoms with van der Waals surface area (Å²) in [5.74, 6) is -0.989. The molecule has 0 heterocycles. The molecule has 1 aromatic rings. The molecule has 0 aliphatic carbocycles. The zero-order chi connectivity index (χ0) is 13.7. The summed E-state index contributed by atoms with van der Waals surface area (Å²) < 4.78 is 0. The Kier molecular flexibility index (Phi) is 5.34. The highest BCUT2D eigenvalue weighted by Gasteiger charge is 2.13. The van der Waals surface area contributed by atoms with E-state index in [9.17, 15) is 4.79 Å². The molecule has 0 aliphatic rings. The van der Waals surface area contributed by atoms with E-state index in [-0.39, 0.29) is 17.9 Å². The maximum Gasteiger partial charge on any atom is 0.451 e. The number of carboxylic acids is 1. The molecule has 18 heavy (non-hydrogen) atoms. The van der Waals surface area contributed by atoms with Crippen LogP contribution in [0.2, 0.25) is 6.32 Å². The summed E-state index contributed by atoms with van der Waals surface area (Å²) in [6.07, 6.45) is 1.12. The Bertz CT molecular complexity index is 421. The molecular formula is C12H18BNO4. The molecule has 0 amide bonds. The fraction of sp³-hybridized carbons (Fsp3) is 0.417. The van der Waals surface area contributed by atoms with Crippen LogP contribution < -0.4 is 5.73 Å². The van der Waals surface area contributed by atoms with Gasteiger partial charge in [0.25, 0.3) is 0 Å². The lowest BCUT2D eigenvalue weighted by Gasteiger charge is -2.11. The van der Waals surface area contributed by atoms with E-state index in [1.807, 2.05) is 6.92 Å². The van der Waals surface area contributed by atoms with Gasteiger partial charge in [-0.2, -0.15) is 0 Å². The summed E-state index contributed by atoms with van der Waals surface area (Å²) in [4.78, 5) is 11.2. The summed E-state index contributed by atoms with van der Waals surface area (Å²) in [7, 11) is -1.37. The second-order valence-corrected chi connectivity index (χ2v) is 4.50. The van der Waals surface area contributed by atoms with Crippen LogP contribution in [0.3, 0.4) is 0 Å². The van der Waals surface area contributed by atoms with Crippen LogP contribution in [0.5, 0.6) is 0 Å². The van der Waals surface area contributed by atoms with Crippen molar-refractivity contribution in [3.63, 3.8) is 0 Å². The maximum atomic E-state index is 11.2. The first-order valence-corrected chi connectivity index (χ1v) is 5.87. The van der Waals surface area contributed by atoms with Gasteiger partial charge in [-0.1, -0.05) is 12.1 Å². The van der Waals surface area contributed by atoms with Crippen molar-refractivity contribution in [1.29, 1.82) is 0 Å². The predicted molar refractivity (Wildman–Crippen MR) is 69.5 cm³/mol. The Labute approximate surface area is 106 Å². The molecule has 0 aromatic heterocycles. The van der Waals surface area contributed by atoms with Crippen molar-refractivity contribution in [2.45, 2.75) is 32.1 Å². The van der Waals surface area contributed by atoms with E-state index in [1.54, 1.807) is 18.2 Å². The highest BCUT2D eigenvalue weighted by atomic mass is 16.4. The van der Waals surface area contributed by atoms with Crippen molar-refractivity contribution in [2.75, 3.05) is 0 Å². The molecule has 0 aliphatic heterocycles. The second kappa shape index (κ2) is 6.54. The molecule has 5 N–H and O–H groups in total. The van der Waals surface area contributed by atoms with Gasteiger partial charge in [0.2, 0.25) is 0 Å². The Morgan fingerprint density at radius 3 is 2.61 bits per heavy atom. The average Bonchev–Trinajstić information content (AvgIpc) is 2.26. The number of aromatic carboxylic acids is 1. The third-order valence-corrected chi connectivity index (χ3v) is 2.64. The van der Waals surface area contributed by atoms with Crippen LogP contribution in [0.15, 0.2) is 18.2 Å². The Morgan fingerprint density at radius 2 is 2.11 bits per heavy atom. The monoisotopic (exact) mass is 251 g/mol. The molecule has 0 saturated carbocycles. The second-order valence-electron chi connectivity index (χ2n) is 4.50. The normalized spacial score (nSPS) is 12.2. The van der Waals surface area contributed by atoms with E-state index in [4.69, 9.17) is 20.9 Å². The van der Waals surface area contributed by atoms with Crippen molar-refractivity contribution in [2.24, 2.45) is 5.73 Å². The van der Waals surface area contributed by atoms with Gasteiger partial charge in [-0.05, 0) is 43.3 Å². The molecule has 0 unspecified atom stereocenters. The Balaban J connectivity index is 2.92. The summed E-state index contributed by atoms with van der Waals surface area (Å²) in [6.45, 7) is 1.82. The van der Waals surface area contributed by atoms with Gasteiger partial charge in [0, 0.05) is 6.04 Å². The minimum Gasteiger partial charge on any atom is -0.478 e. The molecular weight excluding hydrogens is 233 g/mol. The topological polar surface area (TPSA) is 104 Å². The van der Waals surface area contributed by atoms with E-state index >= 15 is 0 Å². The van der Waals surface area contributed by atoms with Crippen molar-refractivity contribution in [3.8, 4) is 0 Å². The van der Waals surface area contributed by atoms with Gasteiger partial charge >= 0.3 is 13.1 Å². The molecule has 0 radical (unpaired) electrons. The van der Waals surface area contributed by atoms with Crippen LogP contribution >= 0.6 is 0 Å². The predicted octanol–water partition coefficient (Wildman–Crippen LogP) is 0.290. The smallest absolute Gasteiger partial charge is 0.451 e. The lowest BCUT2D eigenvalue weighted by Crippen LogP contribution is -2.19. The summed E-state index contributed by atoms with van der Waals surface area (Å²) in [5, 5.41) is 26.7. The number of benzene rings is 1. The van der Waals surface area contributed by atoms with Gasteiger partial charge in [-0.25, -0.2) is 4.79 Å². The molecule has 0 saturated heterocycles. The molecule has 5 nitrogen and oxygen atoms in total. The zero-order valence-electron chi connectivity index (χ0n) is 10.3. The van der Waals surface area contributed by atoms with Crippen LogP contribution in [0.25, 0.3) is 0 Å². The molecule has 1 atom stereocenters. The zero-order valence-corrected chi connectivity index (χ0v) is 10.3. The molecule has 0 fully saturated rings. The van der Waals surface area contributed by atoms with Crippen LogP contribution in [-0.2, 0) is 12.8 Å². The first-order chi connectivity index (χ1) is 8.40. The molecule has 6 heteroatoms. The third kappa shape index (κ3) is 4.48. The first kappa shape index (κ1) is 14.7. The Morgan fingerprint density at radius 1 is 1.44 bits per heavy atom. The number of carboxylic acid groups (broad SMARTS) is 1. The number of aryl methyl sites for hydroxylation is 1. The summed E-state index contributed by atoms with van der Waals surface area (Å²) in [6, 6.07) is 5.01. The number of hydrogen-bond donors (Lipinski definition) is 4. The fourth-order valence-corrected chi connectivity index (χ4v) is 1.80. The number of hydrogen-bond acceptors (Lipinski definition) is 4. The van der Waals surface area contributed by atoms with E-state index in [0.717, 1.165) is 5.56 Å². The van der Waals surface area contributed by atoms with E-state index in [1.165, 1.54) is 0 Å². The highest BCUT2D eigenvalue weighted by molar-refractivity contribution is 6.41. The molecule has 1 aromatic carbocycles. The van der Waals surface area contributed by atoms with Crippen molar-refractivity contribution in [1.82, 2.24) is 0 Å². The van der Waals surface area contributed by atoms with E-state index < -0.39 is 13.1 Å². The van der Waals surface area contributed by atoms with Crippen molar-refractivity contribution >= 4 is 13.1 Å². The largest absolute Gasteiger partial charge is 0.478 e. The maximum absolute atomic E-state index is 11.2. The summed E-state index contributed by atoms with van der Waals surface area (Å²) >= 11 is 0. The number of carbonyl (C=O) groups is 1. The highest BCUT2D eigenvalue weighted by Crippen LogP contribution is 2.16. The average molecular weight is 251 g/mol. The van der Waals surface area contributed by atoms with Gasteiger partial charge in [0.05, 0.1) is 5.56 Å². The van der Waals surface area contributed by atoms with Crippen molar-refractivity contribution < 1.29 is 19.9 Å². The SMILES string of the molecule is C[C@@H](N)Cc1ccc(CCB(O)O)cc1C(=O)O. The van der Waals surface area contributed by atoms with Gasteiger partial charge in [0.15, 0.2) is 0 Å². The quantitative estimate of drug-likeness (QED) is 0.544. The van der Waals surface area contributed by atoms with Crippen molar-refractivity contribution in [3.05, 3.63) is 34.9 Å². The number of rotatable bonds is 6. The minimum absolute atomic E-state index is 0.104. The minimum atomic E-state index is -1.37. The van der Waals surface area contributed by atoms with Crippen LogP contribution in [0.4, 0.5) is 0 Å². The first-order valence-electron chi connectivity index (χ1n) is 5.87. The lowest BCUT2D eigenvalue weighted by atomic mass is 9.82. The lowest BCUT2D eigenvalue weighted by molar-refractivity contribution is 0.0695. The van der Waals surface area contributed by atoms with E-state index in [2.05, 4.69) is 0 Å². The van der Waals surface area contributed by atoms with Gasteiger partial charge in [0.1, 0.15) is 0 Å². The molecule has 1 rings (SSSR count). The van der Waals surface area contributed by atoms with E-state index in [0.29, 0.717) is 18.4 Å². The van der Waals surface area contributed by atoms with Crippen LogP contribution in [0, 0.1) is 0 Å². The number of nitrogens with two attached hydrogens (primary N) is 1. The molecule has 98 valence electrons. The van der Waals surface area contributed by atoms with Gasteiger partial charge in [-0.15, -0.1) is 0 Å². The molecule has 0 bridgehead atoms. The van der Waals surface area contributed by atoms with Crippen LogP contribution in [-0.4, -0.2) is 34.3 Å². The summed E-state index contributed by atoms with van der Waals surface area (Å²) in [5.41, 5.74) is 7.38.